The molecule has 0 aromatic heterocycles. The maximum Gasteiger partial charge on any atom is 0.338 e. The van der Waals surface area contributed by atoms with E-state index in [1.807, 2.05) is 18.2 Å². The van der Waals surface area contributed by atoms with Gasteiger partial charge >= 0.3 is 5.97 Å². The van der Waals surface area contributed by atoms with Crippen LogP contribution in [0.4, 0.5) is 0 Å². The molecule has 0 saturated heterocycles. The zero-order valence-corrected chi connectivity index (χ0v) is 16.1. The molecule has 2 aromatic carbocycles. The van der Waals surface area contributed by atoms with Crippen molar-refractivity contribution >= 4 is 21.9 Å². The topological polar surface area (TPSA) is 102 Å². The summed E-state index contributed by atoms with van der Waals surface area (Å²) >= 11 is 0. The number of aryl methyl sites for hydroxylation is 1. The van der Waals surface area contributed by atoms with E-state index in [2.05, 4.69) is 16.0 Å². The van der Waals surface area contributed by atoms with E-state index in [-0.39, 0.29) is 23.5 Å². The van der Waals surface area contributed by atoms with Crippen molar-refractivity contribution in [3.8, 4) is 12.3 Å². The minimum atomic E-state index is -3.85. The van der Waals surface area contributed by atoms with E-state index in [1.54, 1.807) is 19.1 Å². The third-order valence-electron chi connectivity index (χ3n) is 3.74. The molecule has 0 heterocycles. The molecular weight excluding hydrogens is 380 g/mol. The maximum atomic E-state index is 12.6. The van der Waals surface area contributed by atoms with Crippen LogP contribution in [0.25, 0.3) is 0 Å². The zero-order valence-electron chi connectivity index (χ0n) is 15.3. The maximum absolute atomic E-state index is 12.6. The average molecular weight is 400 g/mol. The molecule has 28 heavy (non-hydrogen) atoms. The first-order valence-corrected chi connectivity index (χ1v) is 9.83. The van der Waals surface area contributed by atoms with Gasteiger partial charge in [-0.05, 0) is 30.2 Å². The van der Waals surface area contributed by atoms with E-state index in [0.29, 0.717) is 5.56 Å². The van der Waals surface area contributed by atoms with E-state index in [4.69, 9.17) is 11.2 Å². The fourth-order valence-corrected chi connectivity index (χ4v) is 3.57. The van der Waals surface area contributed by atoms with E-state index < -0.39 is 28.5 Å². The second-order valence-electron chi connectivity index (χ2n) is 5.85. The molecular formula is C20H20N2O5S. The molecule has 0 spiro atoms. The average Bonchev–Trinajstić information content (AvgIpc) is 2.70. The predicted molar refractivity (Wildman–Crippen MR) is 104 cm³/mol. The standard InChI is InChI=1S/C20H20N2O5S/c1-3-11-21-19(23)14-27-20(24)17-10-9-15(2)18(12-17)28(25,26)22-13-16-7-5-4-6-8-16/h1,4-10,12,22H,11,13-14H2,2H3,(H,21,23). The summed E-state index contributed by atoms with van der Waals surface area (Å²) < 4.78 is 32.7. The number of hydrogen-bond donors (Lipinski definition) is 2. The van der Waals surface area contributed by atoms with Crippen LogP contribution in [0.1, 0.15) is 21.5 Å². The van der Waals surface area contributed by atoms with Crippen molar-refractivity contribution in [2.75, 3.05) is 13.2 Å². The first-order valence-electron chi connectivity index (χ1n) is 8.35. The summed E-state index contributed by atoms with van der Waals surface area (Å²) in [4.78, 5) is 23.6. The Morgan fingerprint density at radius 2 is 1.86 bits per heavy atom. The molecule has 0 aliphatic carbocycles. The van der Waals surface area contributed by atoms with E-state index in [0.717, 1.165) is 5.56 Å². The number of nitrogens with one attached hydrogen (secondary N) is 2. The van der Waals surface area contributed by atoms with Gasteiger partial charge in [0.1, 0.15) is 0 Å². The van der Waals surface area contributed by atoms with Crippen molar-refractivity contribution in [2.24, 2.45) is 0 Å². The second kappa shape index (κ2) is 9.69. The summed E-state index contributed by atoms with van der Waals surface area (Å²) in [6.07, 6.45) is 5.02. The molecule has 1 amide bonds. The largest absolute Gasteiger partial charge is 0.452 e. The molecule has 8 heteroatoms. The molecule has 0 atom stereocenters. The lowest BCUT2D eigenvalue weighted by atomic mass is 10.1. The van der Waals surface area contributed by atoms with Crippen LogP contribution in [0.15, 0.2) is 53.4 Å². The summed E-state index contributed by atoms with van der Waals surface area (Å²) in [6, 6.07) is 13.2. The fourth-order valence-electron chi connectivity index (χ4n) is 2.28. The van der Waals surface area contributed by atoms with Gasteiger partial charge in [0.2, 0.25) is 10.0 Å². The van der Waals surface area contributed by atoms with Gasteiger partial charge < -0.3 is 10.1 Å². The minimum Gasteiger partial charge on any atom is -0.452 e. The van der Waals surface area contributed by atoms with Crippen LogP contribution in [0.3, 0.4) is 0 Å². The number of carbonyl (C=O) groups is 2. The minimum absolute atomic E-state index is 0.0236. The summed E-state index contributed by atoms with van der Waals surface area (Å²) in [5, 5.41) is 2.36. The third-order valence-corrected chi connectivity index (χ3v) is 5.29. The first kappa shape index (κ1) is 21.2. The molecule has 2 N–H and O–H groups in total. The van der Waals surface area contributed by atoms with Gasteiger partial charge in [-0.25, -0.2) is 17.9 Å². The molecule has 2 aromatic rings. The summed E-state index contributed by atoms with van der Waals surface area (Å²) in [7, 11) is -3.85. The highest BCUT2D eigenvalue weighted by molar-refractivity contribution is 7.89. The lowest BCUT2D eigenvalue weighted by molar-refractivity contribution is -0.123. The van der Waals surface area contributed by atoms with Crippen LogP contribution in [-0.2, 0) is 26.1 Å². The number of esters is 1. The van der Waals surface area contributed by atoms with Gasteiger partial charge in [-0.2, -0.15) is 0 Å². The Labute approximate surface area is 164 Å². The zero-order chi connectivity index (χ0) is 20.6. The number of amides is 1. The molecule has 0 radical (unpaired) electrons. The lowest BCUT2D eigenvalue weighted by Crippen LogP contribution is -2.29. The van der Waals surface area contributed by atoms with Crippen molar-refractivity contribution in [3.05, 3.63) is 65.2 Å². The van der Waals surface area contributed by atoms with Crippen LogP contribution in [0.5, 0.6) is 0 Å². The number of hydrogen-bond acceptors (Lipinski definition) is 5. The van der Waals surface area contributed by atoms with Gasteiger partial charge in [0.15, 0.2) is 6.61 Å². The van der Waals surface area contributed by atoms with E-state index >= 15 is 0 Å². The molecule has 0 unspecified atom stereocenters. The number of rotatable bonds is 8. The summed E-state index contributed by atoms with van der Waals surface area (Å²) in [5.41, 5.74) is 1.30. The van der Waals surface area contributed by atoms with Gasteiger partial charge in [0.05, 0.1) is 17.0 Å². The Morgan fingerprint density at radius 1 is 1.14 bits per heavy atom. The Morgan fingerprint density at radius 3 is 2.54 bits per heavy atom. The van der Waals surface area contributed by atoms with Crippen molar-refractivity contribution < 1.29 is 22.7 Å². The highest BCUT2D eigenvalue weighted by Gasteiger charge is 2.20. The van der Waals surface area contributed by atoms with Crippen molar-refractivity contribution in [3.63, 3.8) is 0 Å². The Kier molecular flexibility index (Phi) is 7.32. The summed E-state index contributed by atoms with van der Waals surface area (Å²) in [5.74, 6) is 0.870. The molecule has 0 aliphatic heterocycles. The fraction of sp³-hybridized carbons (Fsp3) is 0.200. The molecule has 0 bridgehead atoms. The van der Waals surface area contributed by atoms with Crippen molar-refractivity contribution in [1.82, 2.24) is 10.0 Å². The van der Waals surface area contributed by atoms with Gasteiger partial charge in [-0.1, -0.05) is 42.3 Å². The number of benzene rings is 2. The molecule has 146 valence electrons. The molecule has 0 aliphatic rings. The van der Waals surface area contributed by atoms with Crippen molar-refractivity contribution in [2.45, 2.75) is 18.4 Å². The molecule has 0 saturated carbocycles. The quantitative estimate of drug-likeness (QED) is 0.515. The van der Waals surface area contributed by atoms with E-state index in [1.165, 1.54) is 18.2 Å². The normalized spacial score (nSPS) is 10.7. The Bertz CT molecular complexity index is 995. The van der Waals surface area contributed by atoms with Crippen LogP contribution in [0.2, 0.25) is 0 Å². The number of sulfonamides is 1. The highest BCUT2D eigenvalue weighted by atomic mass is 32.2. The summed E-state index contributed by atoms with van der Waals surface area (Å²) in [6.45, 7) is 1.26. The van der Waals surface area contributed by atoms with Gasteiger partial charge in [-0.15, -0.1) is 6.42 Å². The number of ether oxygens (including phenoxy) is 1. The first-order chi connectivity index (χ1) is 13.3. The number of terminal acetylenes is 1. The van der Waals surface area contributed by atoms with Gasteiger partial charge in [-0.3, -0.25) is 4.79 Å². The molecule has 2 rings (SSSR count). The number of carbonyl (C=O) groups excluding carboxylic acids is 2. The smallest absolute Gasteiger partial charge is 0.338 e. The highest BCUT2D eigenvalue weighted by Crippen LogP contribution is 2.18. The Balaban J connectivity index is 2.10. The monoisotopic (exact) mass is 400 g/mol. The van der Waals surface area contributed by atoms with Gasteiger partial charge in [0, 0.05) is 6.54 Å². The Hall–Kier alpha value is -3.15. The molecule has 7 nitrogen and oxygen atoms in total. The lowest BCUT2D eigenvalue weighted by Gasteiger charge is -2.11. The third kappa shape index (κ3) is 5.94. The van der Waals surface area contributed by atoms with Crippen LogP contribution >= 0.6 is 0 Å². The SMILES string of the molecule is C#CCNC(=O)COC(=O)c1ccc(C)c(S(=O)(=O)NCc2ccccc2)c1. The second-order valence-corrected chi connectivity index (χ2v) is 7.58. The van der Waals surface area contributed by atoms with Crippen LogP contribution in [-0.4, -0.2) is 33.4 Å². The molecule has 0 fully saturated rings. The van der Waals surface area contributed by atoms with Gasteiger partial charge in [0.25, 0.3) is 5.91 Å². The predicted octanol–water partition coefficient (Wildman–Crippen LogP) is 1.38. The van der Waals surface area contributed by atoms with Crippen LogP contribution < -0.4 is 10.0 Å². The van der Waals surface area contributed by atoms with E-state index in [9.17, 15) is 18.0 Å². The van der Waals surface area contributed by atoms with Crippen LogP contribution in [0, 0.1) is 19.3 Å². The van der Waals surface area contributed by atoms with Crippen molar-refractivity contribution in [1.29, 1.82) is 0 Å².